The van der Waals surface area contributed by atoms with Gasteiger partial charge in [-0.25, -0.2) is 0 Å². The summed E-state index contributed by atoms with van der Waals surface area (Å²) >= 11 is 0. The van der Waals surface area contributed by atoms with Crippen molar-refractivity contribution < 1.29 is 0 Å². The van der Waals surface area contributed by atoms with Crippen molar-refractivity contribution in [1.82, 2.24) is 10.2 Å². The first-order chi connectivity index (χ1) is 6.34. The molecule has 0 radical (unpaired) electrons. The molecule has 13 heavy (non-hydrogen) atoms. The number of H-pyrrole nitrogens is 1. The number of aromatic amines is 1. The fourth-order valence-electron chi connectivity index (χ4n) is 1.74. The Bertz CT molecular complexity index is 321. The molecule has 0 unspecified atom stereocenters. The first-order valence-corrected chi connectivity index (χ1v) is 5.16. The molecule has 3 heteroatoms. The molecule has 0 atom stereocenters. The van der Waals surface area contributed by atoms with Gasteiger partial charge in [0.15, 0.2) is 5.82 Å². The predicted octanol–water partition coefficient (Wildman–Crippen LogP) is 2.17. The SMILES string of the molecule is Cc1c(NC2CC2)n[nH]c1C1CC1. The van der Waals surface area contributed by atoms with E-state index in [4.69, 9.17) is 0 Å². The molecule has 0 aliphatic heterocycles. The molecular weight excluding hydrogens is 162 g/mol. The summed E-state index contributed by atoms with van der Waals surface area (Å²) < 4.78 is 0. The van der Waals surface area contributed by atoms with Crippen molar-refractivity contribution in [2.75, 3.05) is 5.32 Å². The van der Waals surface area contributed by atoms with Crippen LogP contribution in [0, 0.1) is 6.92 Å². The first-order valence-electron chi connectivity index (χ1n) is 5.16. The first kappa shape index (κ1) is 7.42. The third-order valence-electron chi connectivity index (χ3n) is 2.95. The lowest BCUT2D eigenvalue weighted by molar-refractivity contribution is 0.956. The number of hydrogen-bond acceptors (Lipinski definition) is 2. The zero-order valence-electron chi connectivity index (χ0n) is 7.93. The molecule has 70 valence electrons. The summed E-state index contributed by atoms with van der Waals surface area (Å²) in [6, 6.07) is 0.703. The Balaban J connectivity index is 1.83. The molecule has 2 aliphatic rings. The fraction of sp³-hybridized carbons (Fsp3) is 0.700. The highest BCUT2D eigenvalue weighted by molar-refractivity contribution is 5.48. The lowest BCUT2D eigenvalue weighted by Gasteiger charge is -2.00. The van der Waals surface area contributed by atoms with E-state index >= 15 is 0 Å². The predicted molar refractivity (Wildman–Crippen MR) is 51.9 cm³/mol. The fourth-order valence-corrected chi connectivity index (χ4v) is 1.74. The summed E-state index contributed by atoms with van der Waals surface area (Å²) in [5.74, 6) is 1.87. The second-order valence-corrected chi connectivity index (χ2v) is 4.30. The van der Waals surface area contributed by atoms with Crippen molar-refractivity contribution in [1.29, 1.82) is 0 Å². The normalized spacial score (nSPS) is 21.9. The highest BCUT2D eigenvalue weighted by Crippen LogP contribution is 2.42. The van der Waals surface area contributed by atoms with Crippen molar-refractivity contribution in [2.45, 2.75) is 44.6 Å². The maximum absolute atomic E-state index is 4.32. The van der Waals surface area contributed by atoms with Gasteiger partial charge in [-0.2, -0.15) is 5.10 Å². The molecule has 0 saturated heterocycles. The van der Waals surface area contributed by atoms with Gasteiger partial charge in [-0.05, 0) is 32.6 Å². The maximum Gasteiger partial charge on any atom is 0.151 e. The Morgan fingerprint density at radius 3 is 2.69 bits per heavy atom. The van der Waals surface area contributed by atoms with Crippen molar-refractivity contribution in [3.63, 3.8) is 0 Å². The molecule has 2 saturated carbocycles. The van der Waals surface area contributed by atoms with Crippen LogP contribution >= 0.6 is 0 Å². The summed E-state index contributed by atoms with van der Waals surface area (Å²) in [6.45, 7) is 2.17. The highest BCUT2D eigenvalue weighted by Gasteiger charge is 2.29. The van der Waals surface area contributed by atoms with E-state index in [2.05, 4.69) is 22.4 Å². The largest absolute Gasteiger partial charge is 0.366 e. The van der Waals surface area contributed by atoms with Gasteiger partial charge in [0.2, 0.25) is 0 Å². The zero-order valence-corrected chi connectivity index (χ0v) is 7.93. The molecule has 0 bridgehead atoms. The molecule has 0 amide bonds. The van der Waals surface area contributed by atoms with Gasteiger partial charge < -0.3 is 5.32 Å². The Morgan fingerprint density at radius 1 is 1.31 bits per heavy atom. The van der Waals surface area contributed by atoms with E-state index in [1.54, 1.807) is 0 Å². The van der Waals surface area contributed by atoms with Gasteiger partial charge in [0, 0.05) is 23.2 Å². The van der Waals surface area contributed by atoms with Gasteiger partial charge in [0.1, 0.15) is 0 Å². The minimum atomic E-state index is 0.703. The van der Waals surface area contributed by atoms with Crippen LogP contribution in [-0.4, -0.2) is 16.2 Å². The van der Waals surface area contributed by atoms with Gasteiger partial charge in [-0.1, -0.05) is 0 Å². The van der Waals surface area contributed by atoms with Gasteiger partial charge in [-0.15, -0.1) is 0 Å². The number of rotatable bonds is 3. The number of nitrogens with zero attached hydrogens (tertiary/aromatic N) is 1. The summed E-state index contributed by atoms with van der Waals surface area (Å²) in [7, 11) is 0. The number of hydrogen-bond donors (Lipinski definition) is 2. The van der Waals surface area contributed by atoms with Crippen molar-refractivity contribution in [3.05, 3.63) is 11.3 Å². The molecule has 3 rings (SSSR count). The molecule has 2 N–H and O–H groups in total. The van der Waals surface area contributed by atoms with E-state index in [1.165, 1.54) is 36.9 Å². The summed E-state index contributed by atoms with van der Waals surface area (Å²) in [4.78, 5) is 0. The molecule has 1 aromatic rings. The van der Waals surface area contributed by atoms with Gasteiger partial charge in [0.25, 0.3) is 0 Å². The smallest absolute Gasteiger partial charge is 0.151 e. The van der Waals surface area contributed by atoms with Crippen molar-refractivity contribution in [2.24, 2.45) is 0 Å². The molecule has 2 aliphatic carbocycles. The third kappa shape index (κ3) is 1.32. The minimum absolute atomic E-state index is 0.703. The average molecular weight is 177 g/mol. The van der Waals surface area contributed by atoms with Crippen LogP contribution in [-0.2, 0) is 0 Å². The molecule has 2 fully saturated rings. The number of nitrogens with one attached hydrogen (secondary N) is 2. The molecule has 1 heterocycles. The van der Waals surface area contributed by atoms with Crippen LogP contribution in [0.5, 0.6) is 0 Å². The number of anilines is 1. The van der Waals surface area contributed by atoms with Gasteiger partial charge >= 0.3 is 0 Å². The molecule has 0 spiro atoms. The van der Waals surface area contributed by atoms with Gasteiger partial charge in [-0.3, -0.25) is 5.10 Å². The maximum atomic E-state index is 4.32. The van der Waals surface area contributed by atoms with Crippen LogP contribution in [0.25, 0.3) is 0 Å². The van der Waals surface area contributed by atoms with E-state index < -0.39 is 0 Å². The average Bonchev–Trinajstić information content (AvgIpc) is 2.97. The van der Waals surface area contributed by atoms with E-state index in [-0.39, 0.29) is 0 Å². The van der Waals surface area contributed by atoms with Crippen LogP contribution in [0.4, 0.5) is 5.82 Å². The Morgan fingerprint density at radius 2 is 2.08 bits per heavy atom. The molecule has 0 aromatic carbocycles. The Labute approximate surface area is 77.9 Å². The standard InChI is InChI=1S/C10H15N3/c1-6-9(7-2-3-7)12-13-10(6)11-8-4-5-8/h7-8H,2-5H2,1H3,(H2,11,12,13). The quantitative estimate of drug-likeness (QED) is 0.742. The Hall–Kier alpha value is -0.990. The molecule has 1 aromatic heterocycles. The Kier molecular flexibility index (Phi) is 1.43. The number of aromatic nitrogens is 2. The lowest BCUT2D eigenvalue weighted by atomic mass is 10.2. The van der Waals surface area contributed by atoms with E-state index in [0.717, 1.165) is 11.7 Å². The lowest BCUT2D eigenvalue weighted by Crippen LogP contribution is -2.02. The van der Waals surface area contributed by atoms with Crippen molar-refractivity contribution in [3.8, 4) is 0 Å². The topological polar surface area (TPSA) is 40.7 Å². The van der Waals surface area contributed by atoms with Crippen LogP contribution in [0.3, 0.4) is 0 Å². The zero-order chi connectivity index (χ0) is 8.84. The summed E-state index contributed by atoms with van der Waals surface area (Å²) in [5.41, 5.74) is 2.71. The van der Waals surface area contributed by atoms with Crippen molar-refractivity contribution >= 4 is 5.82 Å². The van der Waals surface area contributed by atoms with Crippen LogP contribution in [0.1, 0.15) is 42.9 Å². The van der Waals surface area contributed by atoms with E-state index in [0.29, 0.717) is 6.04 Å². The van der Waals surface area contributed by atoms with E-state index in [1.807, 2.05) is 0 Å². The monoisotopic (exact) mass is 177 g/mol. The van der Waals surface area contributed by atoms with Crippen LogP contribution in [0.15, 0.2) is 0 Å². The summed E-state index contributed by atoms with van der Waals surface area (Å²) in [5, 5.41) is 10.9. The third-order valence-corrected chi connectivity index (χ3v) is 2.95. The van der Waals surface area contributed by atoms with E-state index in [9.17, 15) is 0 Å². The molecule has 3 nitrogen and oxygen atoms in total. The minimum Gasteiger partial charge on any atom is -0.366 e. The summed E-state index contributed by atoms with van der Waals surface area (Å²) in [6.07, 6.45) is 5.30. The van der Waals surface area contributed by atoms with Crippen LogP contribution < -0.4 is 5.32 Å². The second-order valence-electron chi connectivity index (χ2n) is 4.30. The van der Waals surface area contributed by atoms with Crippen LogP contribution in [0.2, 0.25) is 0 Å². The second kappa shape index (κ2) is 2.50. The molecular formula is C10H15N3. The highest BCUT2D eigenvalue weighted by atomic mass is 15.2. The van der Waals surface area contributed by atoms with Gasteiger partial charge in [0.05, 0.1) is 0 Å².